The van der Waals surface area contributed by atoms with Crippen molar-refractivity contribution in [3.05, 3.63) is 12.7 Å². The number of ether oxygens (including phenoxy) is 1. The number of nitrogens with zero attached hydrogens (tertiary/aromatic N) is 1. The molecule has 0 aromatic rings. The maximum Gasteiger partial charge on any atom is 0.308 e. The van der Waals surface area contributed by atoms with E-state index in [2.05, 4.69) is 6.58 Å². The van der Waals surface area contributed by atoms with Gasteiger partial charge in [-0.2, -0.15) is 0 Å². The van der Waals surface area contributed by atoms with Crippen LogP contribution in [0.4, 0.5) is 0 Å². The number of likely N-dealkylation sites (tertiary alicyclic amines) is 1. The number of carbonyl (C=O) groups is 2. The van der Waals surface area contributed by atoms with E-state index in [-0.39, 0.29) is 18.5 Å². The normalized spacial score (nSPS) is 24.8. The minimum Gasteiger partial charge on any atom is -0.481 e. The standard InChI is InChI=1S/C14H23NO4/c1-4-5-8-19-11(3)13(16)15-9-12(14(17)18)7-6-10(15)2/h4,10-12H,1,5-9H2,2-3H3,(H,17,18). The van der Waals surface area contributed by atoms with Crippen molar-refractivity contribution in [3.8, 4) is 0 Å². The number of hydrogen-bond acceptors (Lipinski definition) is 3. The van der Waals surface area contributed by atoms with Crippen LogP contribution in [0.5, 0.6) is 0 Å². The first-order valence-electron chi connectivity index (χ1n) is 6.73. The fourth-order valence-electron chi connectivity index (χ4n) is 2.25. The van der Waals surface area contributed by atoms with Crippen molar-refractivity contribution in [2.45, 2.75) is 45.3 Å². The van der Waals surface area contributed by atoms with E-state index in [1.807, 2.05) is 6.92 Å². The lowest BCUT2D eigenvalue weighted by Gasteiger charge is -2.37. The lowest BCUT2D eigenvalue weighted by atomic mass is 9.93. The monoisotopic (exact) mass is 269 g/mol. The smallest absolute Gasteiger partial charge is 0.308 e. The molecule has 1 aliphatic rings. The summed E-state index contributed by atoms with van der Waals surface area (Å²) in [5, 5.41) is 9.06. The largest absolute Gasteiger partial charge is 0.481 e. The van der Waals surface area contributed by atoms with Gasteiger partial charge in [0, 0.05) is 12.6 Å². The molecule has 5 heteroatoms. The van der Waals surface area contributed by atoms with Crippen LogP contribution in [-0.4, -0.2) is 47.2 Å². The van der Waals surface area contributed by atoms with Gasteiger partial charge in [-0.15, -0.1) is 6.58 Å². The van der Waals surface area contributed by atoms with Crippen molar-refractivity contribution in [1.82, 2.24) is 4.90 Å². The van der Waals surface area contributed by atoms with Crippen molar-refractivity contribution in [2.24, 2.45) is 5.92 Å². The summed E-state index contributed by atoms with van der Waals surface area (Å²) in [5.74, 6) is -1.41. The van der Waals surface area contributed by atoms with Crippen LogP contribution in [0.25, 0.3) is 0 Å². The molecule has 5 nitrogen and oxygen atoms in total. The van der Waals surface area contributed by atoms with E-state index in [1.54, 1.807) is 17.9 Å². The molecule has 1 N–H and O–H groups in total. The molecule has 0 aliphatic carbocycles. The third kappa shape index (κ3) is 4.35. The molecule has 1 rings (SSSR count). The Kier molecular flexibility index (Phi) is 6.02. The van der Waals surface area contributed by atoms with Gasteiger partial charge in [0.05, 0.1) is 12.5 Å². The fraction of sp³-hybridized carbons (Fsp3) is 0.714. The highest BCUT2D eigenvalue weighted by Gasteiger charge is 2.34. The summed E-state index contributed by atoms with van der Waals surface area (Å²) in [6.45, 7) is 8.00. The Morgan fingerprint density at radius 1 is 1.53 bits per heavy atom. The van der Waals surface area contributed by atoms with Gasteiger partial charge in [0.25, 0.3) is 5.91 Å². The van der Waals surface area contributed by atoms with E-state index >= 15 is 0 Å². The molecule has 0 spiro atoms. The second-order valence-corrected chi connectivity index (χ2v) is 5.04. The first kappa shape index (κ1) is 15.7. The Morgan fingerprint density at radius 2 is 2.21 bits per heavy atom. The molecule has 1 amide bonds. The summed E-state index contributed by atoms with van der Waals surface area (Å²) >= 11 is 0. The molecule has 0 aromatic carbocycles. The highest BCUT2D eigenvalue weighted by Crippen LogP contribution is 2.23. The summed E-state index contributed by atoms with van der Waals surface area (Å²) in [4.78, 5) is 24.9. The highest BCUT2D eigenvalue weighted by atomic mass is 16.5. The number of aliphatic carboxylic acids is 1. The molecule has 1 saturated heterocycles. The summed E-state index contributed by atoms with van der Waals surface area (Å²) in [6.07, 6.45) is 3.26. The maximum absolute atomic E-state index is 12.3. The quantitative estimate of drug-likeness (QED) is 0.588. The zero-order valence-corrected chi connectivity index (χ0v) is 11.7. The first-order valence-corrected chi connectivity index (χ1v) is 6.73. The zero-order valence-electron chi connectivity index (χ0n) is 11.7. The van der Waals surface area contributed by atoms with Crippen molar-refractivity contribution >= 4 is 11.9 Å². The average molecular weight is 269 g/mol. The minimum absolute atomic E-state index is 0.0774. The van der Waals surface area contributed by atoms with E-state index in [9.17, 15) is 9.59 Å². The summed E-state index contributed by atoms with van der Waals surface area (Å²) < 4.78 is 5.43. The van der Waals surface area contributed by atoms with E-state index in [4.69, 9.17) is 9.84 Å². The Hall–Kier alpha value is -1.36. The molecule has 108 valence electrons. The van der Waals surface area contributed by atoms with Crippen molar-refractivity contribution in [1.29, 1.82) is 0 Å². The predicted molar refractivity (Wildman–Crippen MR) is 71.8 cm³/mol. The predicted octanol–water partition coefficient (Wildman–Crippen LogP) is 1.68. The van der Waals surface area contributed by atoms with Crippen LogP contribution in [0.15, 0.2) is 12.7 Å². The number of carboxylic acids is 1. The number of rotatable bonds is 6. The lowest BCUT2D eigenvalue weighted by molar-refractivity contribution is -0.152. The molecule has 1 fully saturated rings. The van der Waals surface area contributed by atoms with Gasteiger partial charge in [0.1, 0.15) is 6.10 Å². The SMILES string of the molecule is C=CCCOC(C)C(=O)N1CC(C(=O)O)CCC1C. The van der Waals surface area contributed by atoms with Crippen LogP contribution in [0.2, 0.25) is 0 Å². The number of piperidine rings is 1. The van der Waals surface area contributed by atoms with Gasteiger partial charge < -0.3 is 14.7 Å². The average Bonchev–Trinajstić information content (AvgIpc) is 2.38. The topological polar surface area (TPSA) is 66.8 Å². The summed E-state index contributed by atoms with van der Waals surface area (Å²) in [6, 6.07) is 0.0774. The maximum atomic E-state index is 12.3. The summed E-state index contributed by atoms with van der Waals surface area (Å²) in [5.41, 5.74) is 0. The minimum atomic E-state index is -0.829. The van der Waals surface area contributed by atoms with Gasteiger partial charge >= 0.3 is 5.97 Å². The lowest BCUT2D eigenvalue weighted by Crippen LogP contribution is -2.50. The molecular formula is C14H23NO4. The third-order valence-corrected chi connectivity index (χ3v) is 3.55. The number of hydrogen-bond donors (Lipinski definition) is 1. The van der Waals surface area contributed by atoms with Crippen LogP contribution in [0.3, 0.4) is 0 Å². The van der Waals surface area contributed by atoms with Gasteiger partial charge in [0.15, 0.2) is 0 Å². The van der Waals surface area contributed by atoms with Crippen molar-refractivity contribution < 1.29 is 19.4 Å². The molecule has 0 radical (unpaired) electrons. The highest BCUT2D eigenvalue weighted by molar-refractivity contribution is 5.82. The zero-order chi connectivity index (χ0) is 14.4. The second kappa shape index (κ2) is 7.28. The Labute approximate surface area is 114 Å². The Bertz CT molecular complexity index is 342. The van der Waals surface area contributed by atoms with Gasteiger partial charge in [-0.25, -0.2) is 0 Å². The molecule has 0 aromatic heterocycles. The van der Waals surface area contributed by atoms with Crippen LogP contribution in [0.1, 0.15) is 33.1 Å². The Morgan fingerprint density at radius 3 is 2.79 bits per heavy atom. The van der Waals surface area contributed by atoms with E-state index in [0.29, 0.717) is 19.4 Å². The van der Waals surface area contributed by atoms with Crippen molar-refractivity contribution in [3.63, 3.8) is 0 Å². The van der Waals surface area contributed by atoms with E-state index < -0.39 is 18.0 Å². The Balaban J connectivity index is 2.57. The number of amides is 1. The first-order chi connectivity index (χ1) is 8.97. The molecule has 19 heavy (non-hydrogen) atoms. The van der Waals surface area contributed by atoms with Crippen LogP contribution < -0.4 is 0 Å². The van der Waals surface area contributed by atoms with Gasteiger partial charge in [0.2, 0.25) is 0 Å². The molecule has 0 saturated carbocycles. The van der Waals surface area contributed by atoms with Gasteiger partial charge in [-0.05, 0) is 33.1 Å². The number of carbonyl (C=O) groups excluding carboxylic acids is 1. The van der Waals surface area contributed by atoms with E-state index in [0.717, 1.165) is 6.42 Å². The number of carboxylic acid groups (broad SMARTS) is 1. The fourth-order valence-corrected chi connectivity index (χ4v) is 2.25. The molecular weight excluding hydrogens is 246 g/mol. The van der Waals surface area contributed by atoms with Gasteiger partial charge in [-0.3, -0.25) is 9.59 Å². The molecule has 0 bridgehead atoms. The van der Waals surface area contributed by atoms with E-state index in [1.165, 1.54) is 0 Å². The van der Waals surface area contributed by atoms with Gasteiger partial charge in [-0.1, -0.05) is 6.08 Å². The molecule has 1 aliphatic heterocycles. The summed E-state index contributed by atoms with van der Waals surface area (Å²) in [7, 11) is 0. The van der Waals surface area contributed by atoms with Crippen LogP contribution >= 0.6 is 0 Å². The van der Waals surface area contributed by atoms with Crippen LogP contribution in [0, 0.1) is 5.92 Å². The second-order valence-electron chi connectivity index (χ2n) is 5.04. The van der Waals surface area contributed by atoms with Crippen LogP contribution in [-0.2, 0) is 14.3 Å². The van der Waals surface area contributed by atoms with Crippen molar-refractivity contribution in [2.75, 3.05) is 13.2 Å². The molecule has 3 unspecified atom stereocenters. The molecule has 1 heterocycles. The molecule has 3 atom stereocenters. The third-order valence-electron chi connectivity index (χ3n) is 3.55.